The van der Waals surface area contributed by atoms with Crippen LogP contribution in [-0.2, 0) is 4.79 Å². The number of carbonyl (C=O) groups excluding carboxylic acids is 2. The first-order valence-corrected chi connectivity index (χ1v) is 8.82. The monoisotopic (exact) mass is 373 g/mol. The van der Waals surface area contributed by atoms with Gasteiger partial charge in [0.05, 0.1) is 30.2 Å². The van der Waals surface area contributed by atoms with Crippen LogP contribution in [0.15, 0.2) is 24.4 Å². The molecule has 1 aromatic carbocycles. The maximum absolute atomic E-state index is 11.8. The predicted octanol–water partition coefficient (Wildman–Crippen LogP) is 0.997. The van der Waals surface area contributed by atoms with Crippen molar-refractivity contribution in [2.24, 2.45) is 11.7 Å². The summed E-state index contributed by atoms with van der Waals surface area (Å²) in [6.07, 6.45) is 1.95. The number of benzene rings is 1. The summed E-state index contributed by atoms with van der Waals surface area (Å²) in [6.45, 7) is 3.76. The van der Waals surface area contributed by atoms with Gasteiger partial charge in [-0.05, 0) is 43.9 Å². The van der Waals surface area contributed by atoms with E-state index < -0.39 is 11.8 Å². The van der Waals surface area contributed by atoms with Gasteiger partial charge in [-0.1, -0.05) is 0 Å². The van der Waals surface area contributed by atoms with Crippen molar-refractivity contribution in [3.05, 3.63) is 30.0 Å². The van der Waals surface area contributed by atoms with Crippen LogP contribution in [0.2, 0.25) is 0 Å². The van der Waals surface area contributed by atoms with E-state index in [1.165, 1.54) is 0 Å². The zero-order chi connectivity index (χ0) is 19.6. The second kappa shape index (κ2) is 7.79. The molecule has 1 aliphatic heterocycles. The number of rotatable bonds is 7. The first-order chi connectivity index (χ1) is 12.9. The number of hydrogen-bond donors (Lipinski definition) is 3. The first-order valence-electron chi connectivity index (χ1n) is 8.82. The Morgan fingerprint density at radius 3 is 2.85 bits per heavy atom. The third kappa shape index (κ3) is 4.11. The molecule has 2 heterocycles. The van der Waals surface area contributed by atoms with Gasteiger partial charge in [0.25, 0.3) is 5.91 Å². The number of nitrogens with two attached hydrogens (primary N) is 1. The van der Waals surface area contributed by atoms with Crippen LogP contribution in [-0.4, -0.2) is 47.3 Å². The lowest BCUT2D eigenvalue weighted by Crippen LogP contribution is -2.31. The van der Waals surface area contributed by atoms with Crippen LogP contribution < -0.4 is 20.5 Å². The average Bonchev–Trinajstić information content (AvgIpc) is 2.98. The molecular formula is C19H23N3O5. The van der Waals surface area contributed by atoms with E-state index in [0.29, 0.717) is 29.0 Å². The number of nitrogens with one attached hydrogen (secondary N) is 1. The number of pyridine rings is 1. The highest BCUT2D eigenvalue weighted by Crippen LogP contribution is 2.31. The van der Waals surface area contributed by atoms with E-state index in [-0.39, 0.29) is 31.3 Å². The number of carbonyl (C=O) groups is 2. The molecule has 3 rings (SSSR count). The molecule has 27 heavy (non-hydrogen) atoms. The third-order valence-electron chi connectivity index (χ3n) is 4.38. The van der Waals surface area contributed by atoms with Crippen LogP contribution in [0, 0.1) is 5.92 Å². The van der Waals surface area contributed by atoms with Gasteiger partial charge < -0.3 is 25.6 Å². The molecule has 0 bridgehead atoms. The van der Waals surface area contributed by atoms with Crippen molar-refractivity contribution in [1.29, 1.82) is 0 Å². The molecule has 4 N–H and O–H groups in total. The summed E-state index contributed by atoms with van der Waals surface area (Å²) in [7, 11) is 0. The van der Waals surface area contributed by atoms with Gasteiger partial charge in [0.1, 0.15) is 12.4 Å². The minimum atomic E-state index is -0.574. The number of aromatic nitrogens is 1. The van der Waals surface area contributed by atoms with Gasteiger partial charge in [0.15, 0.2) is 0 Å². The molecule has 0 radical (unpaired) electrons. The van der Waals surface area contributed by atoms with E-state index in [1.54, 1.807) is 24.4 Å². The van der Waals surface area contributed by atoms with Gasteiger partial charge in [-0.15, -0.1) is 0 Å². The van der Waals surface area contributed by atoms with E-state index in [2.05, 4.69) is 10.3 Å². The summed E-state index contributed by atoms with van der Waals surface area (Å²) in [4.78, 5) is 27.7. The quantitative estimate of drug-likeness (QED) is 0.665. The van der Waals surface area contributed by atoms with Crippen LogP contribution in [0.25, 0.3) is 10.8 Å². The normalized spacial score (nSPS) is 19.3. The van der Waals surface area contributed by atoms with Crippen LogP contribution in [0.3, 0.4) is 0 Å². The molecule has 8 nitrogen and oxygen atoms in total. The van der Waals surface area contributed by atoms with Crippen molar-refractivity contribution in [3.63, 3.8) is 0 Å². The van der Waals surface area contributed by atoms with Crippen LogP contribution in [0.4, 0.5) is 0 Å². The molecule has 2 amide bonds. The fraction of sp³-hybridized carbons (Fsp3) is 0.421. The van der Waals surface area contributed by atoms with Crippen LogP contribution in [0.5, 0.6) is 11.6 Å². The fourth-order valence-electron chi connectivity index (χ4n) is 3.11. The predicted molar refractivity (Wildman–Crippen MR) is 98.6 cm³/mol. The average molecular weight is 373 g/mol. The first kappa shape index (κ1) is 18.9. The molecular weight excluding hydrogens is 350 g/mol. The van der Waals surface area contributed by atoms with E-state index in [9.17, 15) is 14.7 Å². The highest BCUT2D eigenvalue weighted by Gasteiger charge is 2.31. The number of nitrogens with zero attached hydrogens (tertiary/aromatic N) is 1. The van der Waals surface area contributed by atoms with E-state index in [1.807, 2.05) is 13.8 Å². The summed E-state index contributed by atoms with van der Waals surface area (Å²) in [5.41, 5.74) is 5.77. The Kier molecular flexibility index (Phi) is 5.46. The largest absolute Gasteiger partial charge is 0.490 e. The van der Waals surface area contributed by atoms with E-state index >= 15 is 0 Å². The van der Waals surface area contributed by atoms with Gasteiger partial charge in [-0.2, -0.15) is 0 Å². The minimum absolute atomic E-state index is 0.134. The maximum atomic E-state index is 11.8. The molecule has 0 saturated carbocycles. The number of aliphatic hydroxyl groups is 1. The van der Waals surface area contributed by atoms with Crippen LogP contribution >= 0.6 is 0 Å². The van der Waals surface area contributed by atoms with Gasteiger partial charge >= 0.3 is 0 Å². The molecule has 0 spiro atoms. The topological polar surface area (TPSA) is 124 Å². The Labute approximate surface area is 156 Å². The number of aliphatic hydroxyl groups excluding tert-OH is 1. The molecule has 1 aromatic heterocycles. The number of hydrogen-bond acceptors (Lipinski definition) is 6. The Bertz CT molecular complexity index is 868. The zero-order valence-electron chi connectivity index (χ0n) is 15.3. The number of amides is 2. The van der Waals surface area contributed by atoms with Gasteiger partial charge in [0, 0.05) is 11.6 Å². The number of fused-ring (bicyclic) bond motifs is 1. The lowest BCUT2D eigenvalue weighted by molar-refractivity contribution is -0.123. The number of ether oxygens (including phenoxy) is 2. The highest BCUT2D eigenvalue weighted by molar-refractivity contribution is 6.01. The van der Waals surface area contributed by atoms with Gasteiger partial charge in [-0.3, -0.25) is 9.59 Å². The molecule has 8 heteroatoms. The smallest absolute Gasteiger partial charge is 0.252 e. The summed E-state index contributed by atoms with van der Waals surface area (Å²) >= 11 is 0. The molecule has 2 atom stereocenters. The standard InChI is InChI=1S/C19H23N3O5/c1-10(2)27-16-7-14-11(6-15(16)17(20)24)3-4-21-19(14)26-9-13-5-12(8-23)18(25)22-13/h3-4,6-7,10,12-13,23H,5,8-9H2,1-2H3,(H2,20,24)(H,22,25)/t12?,13-/m0/s1. The second-order valence-electron chi connectivity index (χ2n) is 6.85. The molecule has 1 aliphatic rings. The van der Waals surface area contributed by atoms with Crippen molar-refractivity contribution in [2.75, 3.05) is 13.2 Å². The SMILES string of the molecule is CC(C)Oc1cc2c(OC[C@@H]3CC(CO)C(=O)N3)nccc2cc1C(N)=O. The third-order valence-corrected chi connectivity index (χ3v) is 4.38. The summed E-state index contributed by atoms with van der Waals surface area (Å²) in [5.74, 6) is -0.398. The van der Waals surface area contributed by atoms with Gasteiger partial charge in [-0.25, -0.2) is 4.98 Å². The Morgan fingerprint density at radius 2 is 2.22 bits per heavy atom. The summed E-state index contributed by atoms with van der Waals surface area (Å²) < 4.78 is 11.5. The molecule has 144 valence electrons. The Balaban J connectivity index is 1.87. The minimum Gasteiger partial charge on any atom is -0.490 e. The van der Waals surface area contributed by atoms with Crippen LogP contribution in [0.1, 0.15) is 30.6 Å². The van der Waals surface area contributed by atoms with Crippen molar-refractivity contribution in [1.82, 2.24) is 10.3 Å². The van der Waals surface area contributed by atoms with E-state index in [0.717, 1.165) is 5.39 Å². The molecule has 2 aromatic rings. The second-order valence-corrected chi connectivity index (χ2v) is 6.85. The summed E-state index contributed by atoms with van der Waals surface area (Å²) in [5, 5.41) is 13.4. The maximum Gasteiger partial charge on any atom is 0.252 e. The van der Waals surface area contributed by atoms with Crippen molar-refractivity contribution in [3.8, 4) is 11.6 Å². The number of primary amides is 1. The van der Waals surface area contributed by atoms with Crippen molar-refractivity contribution in [2.45, 2.75) is 32.4 Å². The zero-order valence-corrected chi connectivity index (χ0v) is 15.3. The molecule has 1 saturated heterocycles. The summed E-state index contributed by atoms with van der Waals surface area (Å²) in [6, 6.07) is 4.92. The molecule has 0 aliphatic carbocycles. The molecule has 1 unspecified atom stereocenters. The van der Waals surface area contributed by atoms with Crippen molar-refractivity contribution >= 4 is 22.6 Å². The fourth-order valence-corrected chi connectivity index (χ4v) is 3.11. The lowest BCUT2D eigenvalue weighted by atomic mass is 10.1. The van der Waals surface area contributed by atoms with Crippen molar-refractivity contribution < 1.29 is 24.2 Å². The lowest BCUT2D eigenvalue weighted by Gasteiger charge is -2.16. The Hall–Kier alpha value is -2.87. The highest BCUT2D eigenvalue weighted by atomic mass is 16.5. The van der Waals surface area contributed by atoms with E-state index in [4.69, 9.17) is 15.2 Å². The Morgan fingerprint density at radius 1 is 1.44 bits per heavy atom. The molecule has 1 fully saturated rings. The van der Waals surface area contributed by atoms with Gasteiger partial charge in [0.2, 0.25) is 11.8 Å².